The molecule has 0 aliphatic rings. The number of aliphatic hydroxyl groups is 1. The van der Waals surface area contributed by atoms with Gasteiger partial charge in [0.1, 0.15) is 0 Å². The van der Waals surface area contributed by atoms with E-state index in [2.05, 4.69) is 6.58 Å². The molecule has 2 atom stereocenters. The summed E-state index contributed by atoms with van der Waals surface area (Å²) in [7, 11) is 0. The smallest absolute Gasteiger partial charge is 0.167 e. The predicted octanol–water partition coefficient (Wildman–Crippen LogP) is 6.00. The Balaban J connectivity index is 2.15. The number of hydrogen-bond acceptors (Lipinski definition) is 1. The monoisotopic (exact) mass is 342 g/mol. The van der Waals surface area contributed by atoms with Crippen molar-refractivity contribution in [3.8, 4) is 11.1 Å². The molecule has 0 saturated heterocycles. The number of aliphatic hydroxyl groups excluding tert-OH is 1. The van der Waals surface area contributed by atoms with Crippen LogP contribution in [0.25, 0.3) is 17.2 Å². The SMILES string of the molecule is C=CCC(C/C=C/c1ccc(-c2ccccc2)c(F)c1F)CC(C)O. The molecule has 1 nitrogen and oxygen atoms in total. The highest BCUT2D eigenvalue weighted by molar-refractivity contribution is 5.66. The number of benzene rings is 2. The predicted molar refractivity (Wildman–Crippen MR) is 100 cm³/mol. The summed E-state index contributed by atoms with van der Waals surface area (Å²) in [4.78, 5) is 0. The first-order valence-electron chi connectivity index (χ1n) is 8.51. The second-order valence-corrected chi connectivity index (χ2v) is 6.31. The third-order valence-corrected chi connectivity index (χ3v) is 4.14. The number of rotatable bonds is 8. The number of halogens is 2. The maximum atomic E-state index is 14.4. The molecule has 2 unspecified atom stereocenters. The Hall–Kier alpha value is -2.26. The summed E-state index contributed by atoms with van der Waals surface area (Å²) in [6.45, 7) is 5.47. The van der Waals surface area contributed by atoms with Crippen molar-refractivity contribution in [3.63, 3.8) is 0 Å². The molecular weight excluding hydrogens is 318 g/mol. The molecule has 2 rings (SSSR count). The lowest BCUT2D eigenvalue weighted by atomic mass is 9.94. The second-order valence-electron chi connectivity index (χ2n) is 6.31. The lowest BCUT2D eigenvalue weighted by Crippen LogP contribution is -2.08. The maximum absolute atomic E-state index is 14.4. The van der Waals surface area contributed by atoms with Crippen LogP contribution in [0.5, 0.6) is 0 Å². The molecule has 1 N–H and O–H groups in total. The zero-order valence-electron chi connectivity index (χ0n) is 14.5. The Morgan fingerprint density at radius 2 is 1.76 bits per heavy atom. The van der Waals surface area contributed by atoms with Crippen molar-refractivity contribution in [3.05, 3.63) is 78.4 Å². The van der Waals surface area contributed by atoms with Gasteiger partial charge in [0, 0.05) is 11.1 Å². The molecular formula is C22H24F2O. The van der Waals surface area contributed by atoms with Gasteiger partial charge in [-0.25, -0.2) is 8.78 Å². The molecule has 0 amide bonds. The molecule has 0 bridgehead atoms. The lowest BCUT2D eigenvalue weighted by Gasteiger charge is -2.14. The fraction of sp³-hybridized carbons (Fsp3) is 0.273. The third kappa shape index (κ3) is 5.36. The molecule has 0 saturated carbocycles. The summed E-state index contributed by atoms with van der Waals surface area (Å²) >= 11 is 0. The molecule has 0 radical (unpaired) electrons. The Kier molecular flexibility index (Phi) is 7.08. The minimum Gasteiger partial charge on any atom is -0.393 e. The Morgan fingerprint density at radius 1 is 1.04 bits per heavy atom. The second kappa shape index (κ2) is 9.28. The van der Waals surface area contributed by atoms with Crippen LogP contribution in [-0.2, 0) is 0 Å². The van der Waals surface area contributed by atoms with Crippen LogP contribution in [0.2, 0.25) is 0 Å². The van der Waals surface area contributed by atoms with Gasteiger partial charge in [-0.1, -0.05) is 60.7 Å². The van der Waals surface area contributed by atoms with Crippen LogP contribution in [0.3, 0.4) is 0 Å². The van der Waals surface area contributed by atoms with Crippen LogP contribution < -0.4 is 0 Å². The van der Waals surface area contributed by atoms with E-state index >= 15 is 0 Å². The molecule has 0 aliphatic carbocycles. The molecule has 0 aromatic heterocycles. The van der Waals surface area contributed by atoms with Gasteiger partial charge >= 0.3 is 0 Å². The molecule has 2 aromatic rings. The van der Waals surface area contributed by atoms with E-state index in [4.69, 9.17) is 0 Å². The maximum Gasteiger partial charge on any atom is 0.167 e. The van der Waals surface area contributed by atoms with E-state index in [1.807, 2.05) is 18.2 Å². The zero-order chi connectivity index (χ0) is 18.2. The number of hydrogen-bond donors (Lipinski definition) is 1. The van der Waals surface area contributed by atoms with Crippen molar-refractivity contribution in [1.82, 2.24) is 0 Å². The minimum atomic E-state index is -0.839. The van der Waals surface area contributed by atoms with E-state index in [-0.39, 0.29) is 17.0 Å². The molecule has 0 heterocycles. The highest BCUT2D eigenvalue weighted by Gasteiger charge is 2.13. The van der Waals surface area contributed by atoms with Crippen LogP contribution in [0, 0.1) is 17.6 Å². The summed E-state index contributed by atoms with van der Waals surface area (Å²) in [5.41, 5.74) is 1.14. The Labute approximate surface area is 148 Å². The van der Waals surface area contributed by atoms with Gasteiger partial charge < -0.3 is 5.11 Å². The van der Waals surface area contributed by atoms with Gasteiger partial charge in [0.2, 0.25) is 0 Å². The van der Waals surface area contributed by atoms with Crippen molar-refractivity contribution < 1.29 is 13.9 Å². The summed E-state index contributed by atoms with van der Waals surface area (Å²) in [6, 6.07) is 12.1. The first-order chi connectivity index (χ1) is 12.0. The van der Waals surface area contributed by atoms with Gasteiger partial charge in [0.15, 0.2) is 11.6 Å². The van der Waals surface area contributed by atoms with E-state index in [9.17, 15) is 13.9 Å². The normalized spacial score (nSPS) is 13.8. The van der Waals surface area contributed by atoms with E-state index in [1.165, 1.54) is 0 Å². The highest BCUT2D eigenvalue weighted by atomic mass is 19.2. The van der Waals surface area contributed by atoms with Crippen molar-refractivity contribution >= 4 is 6.08 Å². The molecule has 0 fully saturated rings. The van der Waals surface area contributed by atoms with Gasteiger partial charge in [0.05, 0.1) is 6.10 Å². The number of allylic oxidation sites excluding steroid dienone is 2. The van der Waals surface area contributed by atoms with Crippen molar-refractivity contribution in [2.45, 2.75) is 32.3 Å². The summed E-state index contributed by atoms with van der Waals surface area (Å²) in [5, 5.41) is 9.52. The van der Waals surface area contributed by atoms with Crippen LogP contribution in [0.15, 0.2) is 61.2 Å². The van der Waals surface area contributed by atoms with Crippen LogP contribution in [-0.4, -0.2) is 11.2 Å². The van der Waals surface area contributed by atoms with Crippen LogP contribution >= 0.6 is 0 Å². The fourth-order valence-electron chi connectivity index (χ4n) is 2.93. The fourth-order valence-corrected chi connectivity index (χ4v) is 2.93. The lowest BCUT2D eigenvalue weighted by molar-refractivity contribution is 0.161. The molecule has 3 heteroatoms. The summed E-state index contributed by atoms with van der Waals surface area (Å²) in [6.07, 6.45) is 6.97. The average Bonchev–Trinajstić information content (AvgIpc) is 2.59. The summed E-state index contributed by atoms with van der Waals surface area (Å²) < 4.78 is 28.7. The highest BCUT2D eigenvalue weighted by Crippen LogP contribution is 2.27. The Morgan fingerprint density at radius 3 is 2.40 bits per heavy atom. The standard InChI is InChI=1S/C22H24F2O/c1-3-8-17(15-16(2)25)9-7-12-19-13-14-20(22(24)21(19)23)18-10-5-4-6-11-18/h3-7,10-14,16-17,25H,1,8-9,15H2,2H3/b12-7+. The van der Waals surface area contributed by atoms with E-state index in [0.29, 0.717) is 18.4 Å². The van der Waals surface area contributed by atoms with Crippen LogP contribution in [0.4, 0.5) is 8.78 Å². The van der Waals surface area contributed by atoms with Crippen molar-refractivity contribution in [2.24, 2.45) is 5.92 Å². The van der Waals surface area contributed by atoms with E-state index in [0.717, 1.165) is 6.42 Å². The molecule has 25 heavy (non-hydrogen) atoms. The molecule has 2 aromatic carbocycles. The van der Waals surface area contributed by atoms with E-state index in [1.54, 1.807) is 49.4 Å². The topological polar surface area (TPSA) is 20.2 Å². The quantitative estimate of drug-likeness (QED) is 0.584. The largest absolute Gasteiger partial charge is 0.393 e. The first-order valence-corrected chi connectivity index (χ1v) is 8.51. The van der Waals surface area contributed by atoms with E-state index < -0.39 is 17.7 Å². The van der Waals surface area contributed by atoms with Crippen molar-refractivity contribution in [1.29, 1.82) is 0 Å². The van der Waals surface area contributed by atoms with Gasteiger partial charge in [0.25, 0.3) is 0 Å². The summed E-state index contributed by atoms with van der Waals surface area (Å²) in [5.74, 6) is -1.43. The van der Waals surface area contributed by atoms with Gasteiger partial charge in [-0.2, -0.15) is 0 Å². The van der Waals surface area contributed by atoms with Gasteiger partial charge in [-0.3, -0.25) is 0 Å². The molecule has 132 valence electrons. The van der Waals surface area contributed by atoms with Crippen molar-refractivity contribution in [2.75, 3.05) is 0 Å². The molecule has 0 spiro atoms. The van der Waals surface area contributed by atoms with Gasteiger partial charge in [-0.15, -0.1) is 6.58 Å². The average molecular weight is 342 g/mol. The first kappa shape index (κ1) is 19.1. The molecule has 0 aliphatic heterocycles. The van der Waals surface area contributed by atoms with Gasteiger partial charge in [-0.05, 0) is 37.7 Å². The minimum absolute atomic E-state index is 0.228. The Bertz CT molecular complexity index is 720. The third-order valence-electron chi connectivity index (χ3n) is 4.14. The van der Waals surface area contributed by atoms with Crippen LogP contribution in [0.1, 0.15) is 31.7 Å². The zero-order valence-corrected chi connectivity index (χ0v) is 14.5.